The molecule has 1 aliphatic rings. The number of phenols is 2. The van der Waals surface area contributed by atoms with E-state index in [1.807, 2.05) is 0 Å². The average molecular weight is 236 g/mol. The number of carboxylic acids is 1. The van der Waals surface area contributed by atoms with E-state index < -0.39 is 11.7 Å². The molecule has 1 aliphatic carbocycles. The Bertz CT molecular complexity index is 433. The first-order valence-electron chi connectivity index (χ1n) is 5.88. The summed E-state index contributed by atoms with van der Waals surface area (Å²) >= 11 is 0. The average Bonchev–Trinajstić information content (AvgIpc) is 2.33. The Balaban J connectivity index is 2.37. The molecule has 2 rings (SSSR count). The Kier molecular flexibility index (Phi) is 3.22. The molecule has 92 valence electrons. The minimum absolute atomic E-state index is 0.217. The maximum atomic E-state index is 10.9. The van der Waals surface area contributed by atoms with Crippen LogP contribution in [0.15, 0.2) is 12.1 Å². The van der Waals surface area contributed by atoms with Crippen LogP contribution in [0.25, 0.3) is 0 Å². The smallest absolute Gasteiger partial charge is 0.339 e. The third-order valence-corrected chi connectivity index (χ3v) is 3.42. The van der Waals surface area contributed by atoms with Crippen molar-refractivity contribution in [1.29, 1.82) is 0 Å². The summed E-state index contributed by atoms with van der Waals surface area (Å²) < 4.78 is 0. The van der Waals surface area contributed by atoms with Crippen molar-refractivity contribution < 1.29 is 20.1 Å². The Morgan fingerprint density at radius 1 is 1.12 bits per heavy atom. The van der Waals surface area contributed by atoms with Gasteiger partial charge in [0.25, 0.3) is 0 Å². The molecule has 4 nitrogen and oxygen atoms in total. The molecule has 0 bridgehead atoms. The van der Waals surface area contributed by atoms with Crippen molar-refractivity contribution in [1.82, 2.24) is 0 Å². The molecule has 3 N–H and O–H groups in total. The molecule has 0 heterocycles. The second-order valence-electron chi connectivity index (χ2n) is 4.58. The van der Waals surface area contributed by atoms with Gasteiger partial charge in [0.15, 0.2) is 11.5 Å². The Labute approximate surface area is 99.5 Å². The number of hydrogen-bond acceptors (Lipinski definition) is 3. The van der Waals surface area contributed by atoms with E-state index in [-0.39, 0.29) is 11.3 Å². The summed E-state index contributed by atoms with van der Waals surface area (Å²) in [5.74, 6) is -1.80. The molecule has 0 spiro atoms. The van der Waals surface area contributed by atoms with Crippen molar-refractivity contribution in [3.05, 3.63) is 23.3 Å². The monoisotopic (exact) mass is 236 g/mol. The van der Waals surface area contributed by atoms with Gasteiger partial charge in [0, 0.05) is 0 Å². The van der Waals surface area contributed by atoms with E-state index >= 15 is 0 Å². The number of rotatable bonds is 2. The molecule has 0 aliphatic heterocycles. The molecule has 0 saturated heterocycles. The highest BCUT2D eigenvalue weighted by atomic mass is 16.4. The molecule has 1 fully saturated rings. The minimum atomic E-state index is -1.21. The van der Waals surface area contributed by atoms with Gasteiger partial charge in [-0.1, -0.05) is 19.3 Å². The standard InChI is InChI=1S/C13H16O4/c14-11-7-9(8-4-2-1-3-5-8)6-10(12(11)15)13(16)17/h6-8,14-15H,1-5H2,(H,16,17). The molecule has 1 saturated carbocycles. The Morgan fingerprint density at radius 2 is 1.76 bits per heavy atom. The zero-order valence-corrected chi connectivity index (χ0v) is 9.52. The van der Waals surface area contributed by atoms with Crippen molar-refractivity contribution in [3.63, 3.8) is 0 Å². The Morgan fingerprint density at radius 3 is 2.35 bits per heavy atom. The summed E-state index contributed by atoms with van der Waals surface area (Å²) in [6.45, 7) is 0. The minimum Gasteiger partial charge on any atom is -0.504 e. The van der Waals surface area contributed by atoms with Gasteiger partial charge >= 0.3 is 5.97 Å². The van der Waals surface area contributed by atoms with Crippen LogP contribution in [-0.2, 0) is 0 Å². The SMILES string of the molecule is O=C(O)c1cc(C2CCCCC2)cc(O)c1O. The van der Waals surface area contributed by atoms with Gasteiger partial charge in [0.05, 0.1) is 0 Å². The van der Waals surface area contributed by atoms with Crippen molar-refractivity contribution in [3.8, 4) is 11.5 Å². The molecule has 17 heavy (non-hydrogen) atoms. The van der Waals surface area contributed by atoms with Gasteiger partial charge in [-0.3, -0.25) is 0 Å². The highest BCUT2D eigenvalue weighted by molar-refractivity contribution is 5.92. The molecule has 1 aromatic rings. The van der Waals surface area contributed by atoms with Gasteiger partial charge in [-0.15, -0.1) is 0 Å². The van der Waals surface area contributed by atoms with Crippen LogP contribution in [0, 0.1) is 0 Å². The molecule has 0 atom stereocenters. The molecule has 0 unspecified atom stereocenters. The lowest BCUT2D eigenvalue weighted by Crippen LogP contribution is -2.06. The van der Waals surface area contributed by atoms with Crippen molar-refractivity contribution in [2.45, 2.75) is 38.0 Å². The second-order valence-corrected chi connectivity index (χ2v) is 4.58. The quantitative estimate of drug-likeness (QED) is 0.690. The summed E-state index contributed by atoms with van der Waals surface area (Å²) in [5, 5.41) is 27.9. The van der Waals surface area contributed by atoms with Crippen LogP contribution in [0.1, 0.15) is 53.9 Å². The maximum absolute atomic E-state index is 10.9. The van der Waals surface area contributed by atoms with E-state index in [0.717, 1.165) is 31.2 Å². The highest BCUT2D eigenvalue weighted by Crippen LogP contribution is 2.38. The number of carbonyl (C=O) groups is 1. The van der Waals surface area contributed by atoms with Gasteiger partial charge in [-0.25, -0.2) is 4.79 Å². The number of phenolic OH excluding ortho intramolecular Hbond substituents is 1. The van der Waals surface area contributed by atoms with Gasteiger partial charge in [-0.05, 0) is 36.5 Å². The molecule has 4 heteroatoms. The fraction of sp³-hybridized carbons (Fsp3) is 0.462. The van der Waals surface area contributed by atoms with Crippen molar-refractivity contribution in [2.24, 2.45) is 0 Å². The van der Waals surface area contributed by atoms with E-state index in [4.69, 9.17) is 5.11 Å². The van der Waals surface area contributed by atoms with Crippen molar-refractivity contribution >= 4 is 5.97 Å². The number of hydrogen-bond donors (Lipinski definition) is 3. The topological polar surface area (TPSA) is 77.8 Å². The molecule has 0 radical (unpaired) electrons. The predicted octanol–water partition coefficient (Wildman–Crippen LogP) is 2.84. The molecule has 0 aromatic heterocycles. The fourth-order valence-corrected chi connectivity index (χ4v) is 2.48. The lowest BCUT2D eigenvalue weighted by Gasteiger charge is -2.22. The summed E-state index contributed by atoms with van der Waals surface area (Å²) in [7, 11) is 0. The van der Waals surface area contributed by atoms with E-state index in [1.165, 1.54) is 18.6 Å². The number of aromatic carboxylic acids is 1. The van der Waals surface area contributed by atoms with Crippen LogP contribution in [0.3, 0.4) is 0 Å². The first kappa shape index (κ1) is 11.8. The summed E-state index contributed by atoms with van der Waals surface area (Å²) in [6, 6.07) is 2.96. The molecule has 1 aromatic carbocycles. The fourth-order valence-electron chi connectivity index (χ4n) is 2.48. The van der Waals surface area contributed by atoms with Crippen LogP contribution in [0.4, 0.5) is 0 Å². The van der Waals surface area contributed by atoms with E-state index in [0.29, 0.717) is 5.92 Å². The lowest BCUT2D eigenvalue weighted by atomic mass is 9.83. The van der Waals surface area contributed by atoms with Crippen LogP contribution < -0.4 is 0 Å². The molecular weight excluding hydrogens is 220 g/mol. The number of benzene rings is 1. The molecular formula is C13H16O4. The van der Waals surface area contributed by atoms with Crippen LogP contribution >= 0.6 is 0 Å². The van der Waals surface area contributed by atoms with E-state index in [1.54, 1.807) is 0 Å². The highest BCUT2D eigenvalue weighted by Gasteiger charge is 2.21. The second kappa shape index (κ2) is 4.65. The first-order chi connectivity index (χ1) is 8.09. The third-order valence-electron chi connectivity index (χ3n) is 3.42. The lowest BCUT2D eigenvalue weighted by molar-refractivity contribution is 0.0692. The number of carboxylic acid groups (broad SMARTS) is 1. The van der Waals surface area contributed by atoms with E-state index in [9.17, 15) is 15.0 Å². The zero-order valence-electron chi connectivity index (χ0n) is 9.52. The van der Waals surface area contributed by atoms with Crippen LogP contribution in [0.5, 0.6) is 11.5 Å². The van der Waals surface area contributed by atoms with Gasteiger partial charge < -0.3 is 15.3 Å². The number of aromatic hydroxyl groups is 2. The predicted molar refractivity (Wildman–Crippen MR) is 62.6 cm³/mol. The van der Waals surface area contributed by atoms with Crippen LogP contribution in [-0.4, -0.2) is 21.3 Å². The van der Waals surface area contributed by atoms with E-state index in [2.05, 4.69) is 0 Å². The Hall–Kier alpha value is -1.71. The largest absolute Gasteiger partial charge is 0.504 e. The maximum Gasteiger partial charge on any atom is 0.339 e. The third kappa shape index (κ3) is 2.35. The van der Waals surface area contributed by atoms with Gasteiger partial charge in [0.1, 0.15) is 5.56 Å². The first-order valence-corrected chi connectivity index (χ1v) is 5.88. The van der Waals surface area contributed by atoms with Gasteiger partial charge in [-0.2, -0.15) is 0 Å². The summed E-state index contributed by atoms with van der Waals surface area (Å²) in [5.41, 5.74) is 0.600. The molecule has 0 amide bonds. The van der Waals surface area contributed by atoms with Gasteiger partial charge in [0.2, 0.25) is 0 Å². The summed E-state index contributed by atoms with van der Waals surface area (Å²) in [4.78, 5) is 10.9. The summed E-state index contributed by atoms with van der Waals surface area (Å²) in [6.07, 6.45) is 5.52. The normalized spacial score (nSPS) is 16.9. The van der Waals surface area contributed by atoms with Crippen LogP contribution in [0.2, 0.25) is 0 Å². The zero-order chi connectivity index (χ0) is 12.4. The van der Waals surface area contributed by atoms with Crippen molar-refractivity contribution in [2.75, 3.05) is 0 Å².